The highest BCUT2D eigenvalue weighted by atomic mass is 32.1. The molecule has 2 N–H and O–H groups in total. The number of nitrogens with two attached hydrogens (primary N) is 1. The quantitative estimate of drug-likeness (QED) is 0.778. The van der Waals surface area contributed by atoms with Gasteiger partial charge < -0.3 is 5.73 Å². The van der Waals surface area contributed by atoms with Gasteiger partial charge in [0, 0.05) is 6.42 Å². The van der Waals surface area contributed by atoms with Crippen molar-refractivity contribution in [2.45, 2.75) is 19.4 Å². The second-order valence-corrected chi connectivity index (χ2v) is 4.98. The number of benzene rings is 1. The highest BCUT2D eigenvalue weighted by Gasteiger charge is 2.16. The summed E-state index contributed by atoms with van der Waals surface area (Å²) in [6, 6.07) is 9.74. The topological polar surface area (TPSA) is 69.1 Å². The molecule has 0 radical (unpaired) electrons. The van der Waals surface area contributed by atoms with Crippen molar-refractivity contribution >= 4 is 16.3 Å². The Labute approximate surface area is 108 Å². The third-order valence-electron chi connectivity index (χ3n) is 2.81. The van der Waals surface area contributed by atoms with Crippen molar-refractivity contribution in [1.29, 1.82) is 0 Å². The molecule has 0 saturated heterocycles. The van der Waals surface area contributed by atoms with Crippen molar-refractivity contribution in [3.05, 3.63) is 46.7 Å². The van der Waals surface area contributed by atoms with E-state index in [0.717, 1.165) is 27.8 Å². The molecular formula is C12H13N5S. The zero-order valence-corrected chi connectivity index (χ0v) is 10.8. The van der Waals surface area contributed by atoms with Crippen LogP contribution in [0.25, 0.3) is 4.96 Å². The zero-order valence-electron chi connectivity index (χ0n) is 9.95. The molecule has 18 heavy (non-hydrogen) atoms. The monoisotopic (exact) mass is 259 g/mol. The van der Waals surface area contributed by atoms with Gasteiger partial charge >= 0.3 is 0 Å². The van der Waals surface area contributed by atoms with E-state index in [1.54, 1.807) is 4.52 Å². The molecule has 5 nitrogen and oxygen atoms in total. The summed E-state index contributed by atoms with van der Waals surface area (Å²) in [5.41, 5.74) is 7.27. The predicted molar refractivity (Wildman–Crippen MR) is 70.5 cm³/mol. The number of hydrogen-bond acceptors (Lipinski definition) is 5. The van der Waals surface area contributed by atoms with E-state index in [9.17, 15) is 0 Å². The minimum absolute atomic E-state index is 0.206. The van der Waals surface area contributed by atoms with Crippen LogP contribution in [0.1, 0.15) is 29.4 Å². The first-order valence-corrected chi connectivity index (χ1v) is 6.62. The van der Waals surface area contributed by atoms with E-state index in [1.807, 2.05) is 37.3 Å². The molecule has 6 heteroatoms. The summed E-state index contributed by atoms with van der Waals surface area (Å²) >= 11 is 1.49. The van der Waals surface area contributed by atoms with Crippen molar-refractivity contribution in [3.63, 3.8) is 0 Å². The van der Waals surface area contributed by atoms with Gasteiger partial charge in [-0.05, 0) is 5.56 Å². The van der Waals surface area contributed by atoms with E-state index in [4.69, 9.17) is 5.73 Å². The average Bonchev–Trinajstić information content (AvgIpc) is 2.98. The molecule has 2 aromatic heterocycles. The molecule has 0 saturated carbocycles. The zero-order chi connectivity index (χ0) is 12.5. The van der Waals surface area contributed by atoms with Crippen LogP contribution in [0.2, 0.25) is 0 Å². The Morgan fingerprint density at radius 1 is 1.28 bits per heavy atom. The molecule has 3 rings (SSSR count). The van der Waals surface area contributed by atoms with Crippen LogP contribution in [0.5, 0.6) is 0 Å². The van der Waals surface area contributed by atoms with Crippen LogP contribution in [-0.4, -0.2) is 19.8 Å². The lowest BCUT2D eigenvalue weighted by Gasteiger charge is -2.07. The number of fused-ring (bicyclic) bond motifs is 1. The lowest BCUT2D eigenvalue weighted by Crippen LogP contribution is -2.12. The second-order valence-electron chi connectivity index (χ2n) is 3.99. The molecule has 0 bridgehead atoms. The van der Waals surface area contributed by atoms with Crippen LogP contribution in [0.4, 0.5) is 0 Å². The first-order valence-electron chi connectivity index (χ1n) is 5.81. The minimum atomic E-state index is -0.206. The summed E-state index contributed by atoms with van der Waals surface area (Å²) < 4.78 is 1.78. The van der Waals surface area contributed by atoms with Crippen molar-refractivity contribution in [3.8, 4) is 0 Å². The Hall–Kier alpha value is -1.79. The standard InChI is InChI=1S/C12H13N5S/c1-2-9-14-15-12-17(9)16-11(18-12)10(13)8-6-4-3-5-7-8/h3-7,10H,2,13H2,1H3. The van der Waals surface area contributed by atoms with Gasteiger partial charge in [0.2, 0.25) is 4.96 Å². The van der Waals surface area contributed by atoms with E-state index < -0.39 is 0 Å². The fourth-order valence-corrected chi connectivity index (χ4v) is 2.71. The lowest BCUT2D eigenvalue weighted by atomic mass is 10.1. The fraction of sp³-hybridized carbons (Fsp3) is 0.250. The van der Waals surface area contributed by atoms with Gasteiger partial charge in [-0.1, -0.05) is 48.6 Å². The van der Waals surface area contributed by atoms with E-state index >= 15 is 0 Å². The Morgan fingerprint density at radius 2 is 2.06 bits per heavy atom. The summed E-state index contributed by atoms with van der Waals surface area (Å²) in [6.07, 6.45) is 0.810. The van der Waals surface area contributed by atoms with Crippen LogP contribution in [-0.2, 0) is 6.42 Å². The number of nitrogens with zero attached hydrogens (tertiary/aromatic N) is 4. The molecule has 1 unspecified atom stereocenters. The minimum Gasteiger partial charge on any atom is -0.318 e. The molecule has 0 fully saturated rings. The van der Waals surface area contributed by atoms with Crippen molar-refractivity contribution in [2.75, 3.05) is 0 Å². The number of aryl methyl sites for hydroxylation is 1. The maximum atomic E-state index is 6.22. The van der Waals surface area contributed by atoms with Gasteiger partial charge in [-0.2, -0.15) is 9.61 Å². The van der Waals surface area contributed by atoms with Crippen molar-refractivity contribution in [2.24, 2.45) is 5.73 Å². The number of rotatable bonds is 3. The van der Waals surface area contributed by atoms with E-state index in [-0.39, 0.29) is 6.04 Å². The van der Waals surface area contributed by atoms with Crippen LogP contribution >= 0.6 is 11.3 Å². The molecule has 0 aliphatic carbocycles. The van der Waals surface area contributed by atoms with Crippen LogP contribution in [0.15, 0.2) is 30.3 Å². The van der Waals surface area contributed by atoms with Gasteiger partial charge in [-0.3, -0.25) is 0 Å². The molecular weight excluding hydrogens is 246 g/mol. The van der Waals surface area contributed by atoms with Gasteiger partial charge in [0.1, 0.15) is 5.01 Å². The van der Waals surface area contributed by atoms with E-state index in [1.165, 1.54) is 11.3 Å². The summed E-state index contributed by atoms with van der Waals surface area (Å²) in [5.74, 6) is 0.868. The van der Waals surface area contributed by atoms with Crippen molar-refractivity contribution < 1.29 is 0 Å². The fourth-order valence-electron chi connectivity index (χ4n) is 1.82. The van der Waals surface area contributed by atoms with Gasteiger partial charge in [0.25, 0.3) is 0 Å². The molecule has 0 spiro atoms. The molecule has 1 atom stereocenters. The van der Waals surface area contributed by atoms with Gasteiger partial charge in [-0.25, -0.2) is 0 Å². The molecule has 3 aromatic rings. The first-order chi connectivity index (χ1) is 8.79. The van der Waals surface area contributed by atoms with Crippen molar-refractivity contribution in [1.82, 2.24) is 19.8 Å². The number of hydrogen-bond donors (Lipinski definition) is 1. The summed E-state index contributed by atoms with van der Waals surface area (Å²) in [7, 11) is 0. The molecule has 1 aromatic carbocycles. The first kappa shape index (κ1) is 11.3. The van der Waals surface area contributed by atoms with Crippen LogP contribution in [0, 0.1) is 0 Å². The van der Waals surface area contributed by atoms with Crippen LogP contribution in [0.3, 0.4) is 0 Å². The molecule has 0 aliphatic heterocycles. The SMILES string of the molecule is CCc1nnc2sc(C(N)c3ccccc3)nn12. The maximum absolute atomic E-state index is 6.22. The third-order valence-corrected chi connectivity index (χ3v) is 3.79. The van der Waals surface area contributed by atoms with Gasteiger partial charge in [0.05, 0.1) is 6.04 Å². The molecule has 2 heterocycles. The summed E-state index contributed by atoms with van der Waals surface area (Å²) in [4.78, 5) is 0.799. The highest BCUT2D eigenvalue weighted by molar-refractivity contribution is 7.16. The summed E-state index contributed by atoms with van der Waals surface area (Å²) in [5, 5.41) is 13.5. The molecule has 0 aliphatic rings. The average molecular weight is 259 g/mol. The van der Waals surface area contributed by atoms with Gasteiger partial charge in [-0.15, -0.1) is 10.2 Å². The summed E-state index contributed by atoms with van der Waals surface area (Å²) in [6.45, 7) is 2.03. The van der Waals surface area contributed by atoms with E-state index in [0.29, 0.717) is 0 Å². The normalized spacial score (nSPS) is 13.0. The van der Waals surface area contributed by atoms with E-state index in [2.05, 4.69) is 15.3 Å². The van der Waals surface area contributed by atoms with Gasteiger partial charge in [0.15, 0.2) is 5.82 Å². The largest absolute Gasteiger partial charge is 0.318 e. The Morgan fingerprint density at radius 3 is 2.78 bits per heavy atom. The molecule has 92 valence electrons. The smallest absolute Gasteiger partial charge is 0.234 e. The Bertz CT molecular complexity index is 657. The lowest BCUT2D eigenvalue weighted by molar-refractivity contribution is 0.771. The highest BCUT2D eigenvalue weighted by Crippen LogP contribution is 2.24. The number of aromatic nitrogens is 4. The Balaban J connectivity index is 2.02. The third kappa shape index (κ3) is 1.79. The van der Waals surface area contributed by atoms with Crippen LogP contribution < -0.4 is 5.73 Å². The Kier molecular flexibility index (Phi) is 2.81. The predicted octanol–water partition coefficient (Wildman–Crippen LogP) is 1.80. The second kappa shape index (κ2) is 4.47. The maximum Gasteiger partial charge on any atom is 0.234 e. The molecule has 0 amide bonds.